The molecule has 0 unspecified atom stereocenters. The summed E-state index contributed by atoms with van der Waals surface area (Å²) in [5, 5.41) is 4.53. The Labute approximate surface area is 106 Å². The van der Waals surface area contributed by atoms with Gasteiger partial charge in [-0.25, -0.2) is 4.79 Å². The highest BCUT2D eigenvalue weighted by Crippen LogP contribution is 2.22. The lowest BCUT2D eigenvalue weighted by Gasteiger charge is -1.99. The molecule has 3 aromatic rings. The number of imidazole rings is 1. The number of aromatic nitrogens is 2. The molecule has 0 spiro atoms. The van der Waals surface area contributed by atoms with Crippen LogP contribution in [0.15, 0.2) is 39.8 Å². The normalized spacial score (nSPS) is 11.2. The average Bonchev–Trinajstić information content (AvgIpc) is 2.88. The molecule has 0 aliphatic carbocycles. The van der Waals surface area contributed by atoms with Crippen LogP contribution in [0.2, 0.25) is 5.02 Å². The molecule has 2 heterocycles. The van der Waals surface area contributed by atoms with Crippen molar-refractivity contribution in [3.63, 3.8) is 0 Å². The maximum absolute atomic E-state index is 12.2. The number of hydrogen-bond donors (Lipinski definition) is 0. The molecule has 3 rings (SSSR count). The lowest BCUT2D eigenvalue weighted by molar-refractivity contribution is 0.848. The molecule has 0 aliphatic rings. The summed E-state index contributed by atoms with van der Waals surface area (Å²) in [7, 11) is 1.77. The topological polar surface area (TPSA) is 26.9 Å². The zero-order valence-corrected chi connectivity index (χ0v) is 10.6. The van der Waals surface area contributed by atoms with Crippen molar-refractivity contribution in [3.05, 3.63) is 50.5 Å². The fraction of sp³-hybridized carbons (Fsp3) is 0.0833. The van der Waals surface area contributed by atoms with Gasteiger partial charge in [0.2, 0.25) is 0 Å². The lowest BCUT2D eigenvalue weighted by atomic mass is 10.3. The number of rotatable bonds is 1. The van der Waals surface area contributed by atoms with Crippen LogP contribution in [0.4, 0.5) is 0 Å². The predicted octanol–water partition coefficient (Wildman–Crippen LogP) is 3.04. The third-order valence-corrected chi connectivity index (χ3v) is 3.69. The smallest absolute Gasteiger partial charge is 0.295 e. The Morgan fingerprint density at radius 1 is 1.24 bits per heavy atom. The van der Waals surface area contributed by atoms with E-state index in [-0.39, 0.29) is 5.69 Å². The summed E-state index contributed by atoms with van der Waals surface area (Å²) in [6.45, 7) is 0. The molecule has 0 amide bonds. The standard InChI is InChI=1S/C12H9ClN2OS/c1-14-10-3-2-8(13)6-11(10)15(12(14)16)9-4-5-17-7-9/h2-7H,1H3. The van der Waals surface area contributed by atoms with Crippen molar-refractivity contribution < 1.29 is 0 Å². The maximum atomic E-state index is 12.2. The van der Waals surface area contributed by atoms with Crippen LogP contribution in [0.25, 0.3) is 16.7 Å². The molecule has 0 atom stereocenters. The maximum Gasteiger partial charge on any atom is 0.333 e. The lowest BCUT2D eigenvalue weighted by Crippen LogP contribution is -2.20. The molecule has 0 radical (unpaired) electrons. The predicted molar refractivity (Wildman–Crippen MR) is 71.4 cm³/mol. The summed E-state index contributed by atoms with van der Waals surface area (Å²) in [6.07, 6.45) is 0. The van der Waals surface area contributed by atoms with E-state index in [1.165, 1.54) is 0 Å². The zero-order valence-electron chi connectivity index (χ0n) is 9.05. The molecule has 0 saturated carbocycles. The van der Waals surface area contributed by atoms with Crippen LogP contribution in [-0.2, 0) is 7.05 Å². The van der Waals surface area contributed by atoms with Crippen molar-refractivity contribution >= 4 is 34.0 Å². The Morgan fingerprint density at radius 2 is 2.06 bits per heavy atom. The molecule has 17 heavy (non-hydrogen) atoms. The van der Waals surface area contributed by atoms with Crippen molar-refractivity contribution in [2.45, 2.75) is 0 Å². The minimum Gasteiger partial charge on any atom is -0.295 e. The summed E-state index contributed by atoms with van der Waals surface area (Å²) in [5.74, 6) is 0. The highest BCUT2D eigenvalue weighted by atomic mass is 35.5. The van der Waals surface area contributed by atoms with Crippen LogP contribution < -0.4 is 5.69 Å². The molecule has 2 aromatic heterocycles. The summed E-state index contributed by atoms with van der Waals surface area (Å²) in [4.78, 5) is 12.2. The molecule has 0 aliphatic heterocycles. The van der Waals surface area contributed by atoms with Crippen LogP contribution in [0.3, 0.4) is 0 Å². The van der Waals surface area contributed by atoms with E-state index < -0.39 is 0 Å². The first-order chi connectivity index (χ1) is 8.18. The van der Waals surface area contributed by atoms with E-state index in [0.29, 0.717) is 5.02 Å². The van der Waals surface area contributed by atoms with E-state index in [2.05, 4.69) is 0 Å². The van der Waals surface area contributed by atoms with Gasteiger partial charge in [0.1, 0.15) is 0 Å². The van der Waals surface area contributed by atoms with Crippen LogP contribution >= 0.6 is 22.9 Å². The fourth-order valence-electron chi connectivity index (χ4n) is 1.95. The first kappa shape index (κ1) is 10.6. The van der Waals surface area contributed by atoms with Gasteiger partial charge in [0.25, 0.3) is 0 Å². The van der Waals surface area contributed by atoms with Gasteiger partial charge in [-0.05, 0) is 29.6 Å². The Bertz CT molecular complexity index is 740. The van der Waals surface area contributed by atoms with Gasteiger partial charge in [0, 0.05) is 17.5 Å². The number of hydrogen-bond acceptors (Lipinski definition) is 2. The molecular formula is C12H9ClN2OS. The number of thiophene rings is 1. The van der Waals surface area contributed by atoms with Crippen LogP contribution in [-0.4, -0.2) is 9.13 Å². The molecule has 86 valence electrons. The third kappa shape index (κ3) is 1.52. The molecule has 3 nitrogen and oxygen atoms in total. The SMILES string of the molecule is Cn1c(=O)n(-c2ccsc2)c2cc(Cl)ccc21. The van der Waals surface area contributed by atoms with Gasteiger partial charge in [0.05, 0.1) is 16.7 Å². The molecule has 0 N–H and O–H groups in total. The number of nitrogens with zero attached hydrogens (tertiary/aromatic N) is 2. The molecule has 0 fully saturated rings. The molecule has 5 heteroatoms. The average molecular weight is 265 g/mol. The number of fused-ring (bicyclic) bond motifs is 1. The molecule has 0 bridgehead atoms. The Kier molecular flexibility index (Phi) is 2.34. The summed E-state index contributed by atoms with van der Waals surface area (Å²) < 4.78 is 3.31. The van der Waals surface area contributed by atoms with E-state index in [1.807, 2.05) is 29.0 Å². The Balaban J connectivity index is 2.49. The van der Waals surface area contributed by atoms with Gasteiger partial charge in [0.15, 0.2) is 0 Å². The minimum absolute atomic E-state index is 0.0549. The van der Waals surface area contributed by atoms with E-state index in [1.54, 1.807) is 33.6 Å². The van der Waals surface area contributed by atoms with Crippen molar-refractivity contribution in [2.24, 2.45) is 7.05 Å². The van der Waals surface area contributed by atoms with Crippen molar-refractivity contribution in [1.29, 1.82) is 0 Å². The quantitative estimate of drug-likeness (QED) is 0.664. The fourth-order valence-corrected chi connectivity index (χ4v) is 2.74. The van der Waals surface area contributed by atoms with Gasteiger partial charge in [-0.3, -0.25) is 9.13 Å². The zero-order chi connectivity index (χ0) is 12.0. The van der Waals surface area contributed by atoms with Gasteiger partial charge in [-0.2, -0.15) is 11.3 Å². The molecule has 0 saturated heterocycles. The van der Waals surface area contributed by atoms with Crippen LogP contribution in [0.1, 0.15) is 0 Å². The van der Waals surface area contributed by atoms with E-state index in [9.17, 15) is 4.79 Å². The summed E-state index contributed by atoms with van der Waals surface area (Å²) >= 11 is 7.55. The monoisotopic (exact) mass is 264 g/mol. The second-order valence-corrected chi connectivity index (χ2v) is 5.01. The largest absolute Gasteiger partial charge is 0.333 e. The second-order valence-electron chi connectivity index (χ2n) is 3.79. The third-order valence-electron chi connectivity index (χ3n) is 2.78. The second kappa shape index (κ2) is 3.75. The van der Waals surface area contributed by atoms with Crippen LogP contribution in [0.5, 0.6) is 0 Å². The van der Waals surface area contributed by atoms with E-state index in [0.717, 1.165) is 16.7 Å². The number of halogens is 1. The molecular weight excluding hydrogens is 256 g/mol. The van der Waals surface area contributed by atoms with Gasteiger partial charge in [-0.15, -0.1) is 0 Å². The highest BCUT2D eigenvalue weighted by Gasteiger charge is 2.12. The first-order valence-electron chi connectivity index (χ1n) is 5.08. The van der Waals surface area contributed by atoms with E-state index in [4.69, 9.17) is 11.6 Å². The van der Waals surface area contributed by atoms with Gasteiger partial charge < -0.3 is 0 Å². The molecule has 1 aromatic carbocycles. The number of aryl methyl sites for hydroxylation is 1. The van der Waals surface area contributed by atoms with Gasteiger partial charge in [-0.1, -0.05) is 11.6 Å². The minimum atomic E-state index is -0.0549. The summed E-state index contributed by atoms with van der Waals surface area (Å²) in [5.41, 5.74) is 2.54. The summed E-state index contributed by atoms with van der Waals surface area (Å²) in [6, 6.07) is 7.39. The van der Waals surface area contributed by atoms with Crippen LogP contribution in [0, 0.1) is 0 Å². The Morgan fingerprint density at radius 3 is 2.76 bits per heavy atom. The highest BCUT2D eigenvalue weighted by molar-refractivity contribution is 7.08. The Hall–Kier alpha value is -1.52. The first-order valence-corrected chi connectivity index (χ1v) is 6.40. The van der Waals surface area contributed by atoms with Crippen molar-refractivity contribution in [1.82, 2.24) is 9.13 Å². The van der Waals surface area contributed by atoms with Crippen molar-refractivity contribution in [2.75, 3.05) is 0 Å². The van der Waals surface area contributed by atoms with Gasteiger partial charge >= 0.3 is 5.69 Å². The van der Waals surface area contributed by atoms with Crippen molar-refractivity contribution in [3.8, 4) is 5.69 Å². The van der Waals surface area contributed by atoms with E-state index >= 15 is 0 Å². The number of benzene rings is 1.